The Morgan fingerprint density at radius 3 is 2.15 bits per heavy atom. The molecule has 0 unspecified atom stereocenters. The normalized spacial score (nSPS) is 21.9. The number of amides is 2. The minimum absolute atomic E-state index is 0.188. The minimum atomic E-state index is -0.278. The highest BCUT2D eigenvalue weighted by atomic mass is 16.5. The highest BCUT2D eigenvalue weighted by Gasteiger charge is 2.27. The van der Waals surface area contributed by atoms with Crippen LogP contribution in [0.25, 0.3) is 0 Å². The number of likely N-dealkylation sites (tertiary alicyclic amines) is 2. The van der Waals surface area contributed by atoms with E-state index in [0.29, 0.717) is 51.4 Å². The predicted molar refractivity (Wildman–Crippen MR) is 73.1 cm³/mol. The molecular formula is C14H24N2O4. The number of nitrogens with zero attached hydrogens (tertiary/aromatic N) is 2. The van der Waals surface area contributed by atoms with Gasteiger partial charge in [-0.3, -0.25) is 4.79 Å². The van der Waals surface area contributed by atoms with E-state index in [-0.39, 0.29) is 18.1 Å². The predicted octanol–water partition coefficient (Wildman–Crippen LogP) is 0.838. The van der Waals surface area contributed by atoms with E-state index in [1.165, 1.54) is 7.11 Å². The number of piperidine rings is 2. The summed E-state index contributed by atoms with van der Waals surface area (Å²) in [6, 6.07) is 0. The summed E-state index contributed by atoms with van der Waals surface area (Å²) >= 11 is 0. The van der Waals surface area contributed by atoms with E-state index in [2.05, 4.69) is 0 Å². The van der Waals surface area contributed by atoms with Crippen molar-refractivity contribution in [2.75, 3.05) is 33.3 Å². The van der Waals surface area contributed by atoms with Crippen LogP contribution in [0.4, 0.5) is 4.79 Å². The van der Waals surface area contributed by atoms with E-state index in [1.54, 1.807) is 4.90 Å². The Kier molecular flexibility index (Phi) is 5.23. The van der Waals surface area contributed by atoms with Crippen LogP contribution in [0.1, 0.15) is 32.1 Å². The fraction of sp³-hybridized carbons (Fsp3) is 0.857. The Hall–Kier alpha value is -1.30. The molecule has 2 saturated heterocycles. The molecule has 0 aromatic carbocycles. The summed E-state index contributed by atoms with van der Waals surface area (Å²) in [6.07, 6.45) is 3.13. The van der Waals surface area contributed by atoms with Crippen molar-refractivity contribution in [3.8, 4) is 0 Å². The Labute approximate surface area is 119 Å². The lowest BCUT2D eigenvalue weighted by molar-refractivity contribution is -0.134. The van der Waals surface area contributed by atoms with Gasteiger partial charge in [0.25, 0.3) is 0 Å². The zero-order valence-electron chi connectivity index (χ0n) is 12.1. The van der Waals surface area contributed by atoms with Gasteiger partial charge in [-0.2, -0.15) is 0 Å². The van der Waals surface area contributed by atoms with Crippen LogP contribution < -0.4 is 0 Å². The van der Waals surface area contributed by atoms with Gasteiger partial charge in [-0.1, -0.05) is 0 Å². The summed E-state index contributed by atoms with van der Waals surface area (Å²) in [5.41, 5.74) is 0. The maximum Gasteiger partial charge on any atom is 0.409 e. The fourth-order valence-electron chi connectivity index (χ4n) is 2.94. The lowest BCUT2D eigenvalue weighted by atomic mass is 9.92. The highest BCUT2D eigenvalue weighted by Crippen LogP contribution is 2.22. The van der Waals surface area contributed by atoms with Crippen LogP contribution in [0, 0.1) is 5.92 Å². The average molecular weight is 284 g/mol. The largest absolute Gasteiger partial charge is 0.453 e. The molecule has 20 heavy (non-hydrogen) atoms. The van der Waals surface area contributed by atoms with Crippen LogP contribution in [-0.4, -0.2) is 66.3 Å². The first kappa shape index (κ1) is 15.1. The second-order valence-corrected chi connectivity index (χ2v) is 5.72. The van der Waals surface area contributed by atoms with E-state index in [0.717, 1.165) is 12.8 Å². The molecule has 0 saturated carbocycles. The Bertz CT molecular complexity index is 345. The molecule has 2 aliphatic heterocycles. The Morgan fingerprint density at radius 1 is 1.05 bits per heavy atom. The molecule has 2 aliphatic rings. The second kappa shape index (κ2) is 6.92. The molecule has 0 radical (unpaired) electrons. The molecule has 2 amide bonds. The number of rotatable bonds is 2. The third-order valence-electron chi connectivity index (χ3n) is 4.33. The van der Waals surface area contributed by atoms with E-state index >= 15 is 0 Å². The molecule has 0 spiro atoms. The monoisotopic (exact) mass is 284 g/mol. The summed E-state index contributed by atoms with van der Waals surface area (Å²) in [6.45, 7) is 2.68. The van der Waals surface area contributed by atoms with Crippen LogP contribution >= 0.6 is 0 Å². The number of methoxy groups -OCH3 is 1. The molecule has 2 rings (SSSR count). The van der Waals surface area contributed by atoms with E-state index in [1.807, 2.05) is 4.90 Å². The summed E-state index contributed by atoms with van der Waals surface area (Å²) in [5, 5.41) is 9.45. The molecule has 0 aliphatic carbocycles. The number of aliphatic hydroxyl groups excluding tert-OH is 1. The lowest BCUT2D eigenvalue weighted by Crippen LogP contribution is -2.42. The fourth-order valence-corrected chi connectivity index (χ4v) is 2.94. The van der Waals surface area contributed by atoms with E-state index in [4.69, 9.17) is 4.74 Å². The Morgan fingerprint density at radius 2 is 1.60 bits per heavy atom. The molecule has 0 atom stereocenters. The summed E-state index contributed by atoms with van der Waals surface area (Å²) < 4.78 is 4.70. The molecule has 2 heterocycles. The van der Waals surface area contributed by atoms with Gasteiger partial charge in [-0.25, -0.2) is 4.79 Å². The SMILES string of the molecule is COC(=O)N1CCC(CC(=O)N2CCC(O)CC2)CC1. The molecule has 6 heteroatoms. The van der Waals surface area contributed by atoms with Crippen LogP contribution in [0.2, 0.25) is 0 Å². The number of aliphatic hydroxyl groups is 1. The first-order valence-corrected chi connectivity index (χ1v) is 7.39. The molecular weight excluding hydrogens is 260 g/mol. The van der Waals surface area contributed by atoms with Crippen molar-refractivity contribution in [3.05, 3.63) is 0 Å². The summed E-state index contributed by atoms with van der Waals surface area (Å²) in [5.74, 6) is 0.545. The maximum absolute atomic E-state index is 12.2. The maximum atomic E-state index is 12.2. The van der Waals surface area contributed by atoms with Crippen LogP contribution in [0.15, 0.2) is 0 Å². The van der Waals surface area contributed by atoms with Crippen molar-refractivity contribution in [3.63, 3.8) is 0 Å². The number of ether oxygens (including phenoxy) is 1. The number of hydrogen-bond donors (Lipinski definition) is 1. The second-order valence-electron chi connectivity index (χ2n) is 5.72. The number of hydrogen-bond acceptors (Lipinski definition) is 4. The van der Waals surface area contributed by atoms with Crippen LogP contribution in [0.5, 0.6) is 0 Å². The van der Waals surface area contributed by atoms with Gasteiger partial charge in [0.15, 0.2) is 0 Å². The molecule has 2 fully saturated rings. The van der Waals surface area contributed by atoms with Crippen molar-refractivity contribution in [2.45, 2.75) is 38.2 Å². The van der Waals surface area contributed by atoms with E-state index in [9.17, 15) is 14.7 Å². The first-order valence-electron chi connectivity index (χ1n) is 7.39. The highest BCUT2D eigenvalue weighted by molar-refractivity contribution is 5.76. The van der Waals surface area contributed by atoms with E-state index < -0.39 is 0 Å². The van der Waals surface area contributed by atoms with Crippen LogP contribution in [0.3, 0.4) is 0 Å². The number of carbonyl (C=O) groups is 2. The molecule has 6 nitrogen and oxygen atoms in total. The van der Waals surface area contributed by atoms with Crippen molar-refractivity contribution < 1.29 is 19.4 Å². The van der Waals surface area contributed by atoms with Crippen molar-refractivity contribution in [1.82, 2.24) is 9.80 Å². The first-order chi connectivity index (χ1) is 9.60. The molecule has 0 bridgehead atoms. The zero-order valence-corrected chi connectivity index (χ0v) is 12.1. The van der Waals surface area contributed by atoms with Crippen LogP contribution in [-0.2, 0) is 9.53 Å². The van der Waals surface area contributed by atoms with Gasteiger partial charge in [-0.15, -0.1) is 0 Å². The number of carbonyl (C=O) groups excluding carboxylic acids is 2. The van der Waals surface area contributed by atoms with Gasteiger partial charge in [-0.05, 0) is 31.6 Å². The van der Waals surface area contributed by atoms with Gasteiger partial charge >= 0.3 is 6.09 Å². The molecule has 0 aromatic heterocycles. The van der Waals surface area contributed by atoms with Gasteiger partial charge < -0.3 is 19.6 Å². The smallest absolute Gasteiger partial charge is 0.409 e. The standard InChI is InChI=1S/C14H24N2O4/c1-20-14(19)16-6-2-11(3-7-16)10-13(18)15-8-4-12(17)5-9-15/h11-12,17H,2-10H2,1H3. The van der Waals surface area contributed by atoms with Crippen molar-refractivity contribution in [2.24, 2.45) is 5.92 Å². The third kappa shape index (κ3) is 3.85. The molecule has 114 valence electrons. The Balaban J connectivity index is 1.72. The van der Waals surface area contributed by atoms with Crippen molar-refractivity contribution >= 4 is 12.0 Å². The zero-order chi connectivity index (χ0) is 14.5. The topological polar surface area (TPSA) is 70.1 Å². The van der Waals surface area contributed by atoms with Crippen molar-refractivity contribution in [1.29, 1.82) is 0 Å². The average Bonchev–Trinajstić information content (AvgIpc) is 2.48. The van der Waals surface area contributed by atoms with Gasteiger partial charge in [0, 0.05) is 32.6 Å². The lowest BCUT2D eigenvalue weighted by Gasteiger charge is -2.33. The quantitative estimate of drug-likeness (QED) is 0.815. The van der Waals surface area contributed by atoms with Gasteiger partial charge in [0.1, 0.15) is 0 Å². The summed E-state index contributed by atoms with van der Waals surface area (Å²) in [4.78, 5) is 27.1. The van der Waals surface area contributed by atoms with Gasteiger partial charge in [0.2, 0.25) is 5.91 Å². The van der Waals surface area contributed by atoms with Gasteiger partial charge in [0.05, 0.1) is 13.2 Å². The minimum Gasteiger partial charge on any atom is -0.453 e. The third-order valence-corrected chi connectivity index (χ3v) is 4.33. The molecule has 0 aromatic rings. The summed E-state index contributed by atoms with van der Waals surface area (Å²) in [7, 11) is 1.39. The molecule has 1 N–H and O–H groups in total.